The number of thioether (sulfide) groups is 1. The molecule has 0 spiro atoms. The fourth-order valence-electron chi connectivity index (χ4n) is 6.63. The predicted molar refractivity (Wildman–Crippen MR) is 168 cm³/mol. The highest BCUT2D eigenvalue weighted by atomic mass is 32.2. The Morgan fingerprint density at radius 3 is 2.45 bits per heavy atom. The standard InChI is InChI=1S/C34H33N5O2S/c1-33(2)25-16-17-34(33,3)29(20-25)35-36-32-38(22-27-15-10-18-41-27)31(40)28(42-32)19-24-21-39(26-13-8-5-9-14-26)37-30(24)23-11-6-4-7-12-23/h4-15,18-19,21,25H,16-17,20,22H2,1-3H3. The molecule has 7 rings (SSSR count). The number of hydrogen-bond acceptors (Lipinski definition) is 6. The van der Waals surface area contributed by atoms with Gasteiger partial charge in [0.05, 0.1) is 29.1 Å². The van der Waals surface area contributed by atoms with Crippen molar-refractivity contribution >= 4 is 34.6 Å². The first-order valence-corrected chi connectivity index (χ1v) is 15.2. The van der Waals surface area contributed by atoms with Gasteiger partial charge in [-0.05, 0) is 72.7 Å². The van der Waals surface area contributed by atoms with Gasteiger partial charge in [0.1, 0.15) is 5.76 Å². The molecule has 2 bridgehead atoms. The molecule has 3 heterocycles. The van der Waals surface area contributed by atoms with E-state index >= 15 is 0 Å². The molecule has 2 aliphatic carbocycles. The third kappa shape index (κ3) is 4.45. The molecule has 4 aromatic rings. The number of furan rings is 1. The molecule has 1 amide bonds. The van der Waals surface area contributed by atoms with Crippen molar-refractivity contribution in [3.05, 3.63) is 101 Å². The largest absolute Gasteiger partial charge is 0.467 e. The Morgan fingerprint density at radius 1 is 1.02 bits per heavy atom. The van der Waals surface area contributed by atoms with E-state index in [2.05, 4.69) is 20.8 Å². The second kappa shape index (κ2) is 10.3. The highest BCUT2D eigenvalue weighted by molar-refractivity contribution is 8.18. The van der Waals surface area contributed by atoms with Gasteiger partial charge in [-0.25, -0.2) is 4.68 Å². The quantitative estimate of drug-likeness (QED) is 0.174. The van der Waals surface area contributed by atoms with Crippen molar-refractivity contribution in [3.63, 3.8) is 0 Å². The number of amidine groups is 1. The Morgan fingerprint density at radius 2 is 1.79 bits per heavy atom. The zero-order valence-corrected chi connectivity index (χ0v) is 24.8. The smallest absolute Gasteiger partial charge is 0.267 e. The molecule has 1 saturated heterocycles. The normalized spacial score (nSPS) is 25.9. The fraction of sp³-hybridized carbons (Fsp3) is 0.294. The summed E-state index contributed by atoms with van der Waals surface area (Å²) in [5.74, 6) is 1.20. The minimum Gasteiger partial charge on any atom is -0.467 e. The van der Waals surface area contributed by atoms with Crippen molar-refractivity contribution < 1.29 is 9.21 Å². The van der Waals surface area contributed by atoms with Gasteiger partial charge in [0, 0.05) is 28.5 Å². The molecular formula is C34H33N5O2S. The second-order valence-corrected chi connectivity index (χ2v) is 13.1. The monoisotopic (exact) mass is 575 g/mol. The summed E-state index contributed by atoms with van der Waals surface area (Å²) in [5.41, 5.74) is 4.98. The van der Waals surface area contributed by atoms with E-state index in [1.807, 2.05) is 89.8 Å². The predicted octanol–water partition coefficient (Wildman–Crippen LogP) is 7.81. The molecule has 3 aliphatic rings. The van der Waals surface area contributed by atoms with Crippen LogP contribution in [-0.4, -0.2) is 31.5 Å². The number of fused-ring (bicyclic) bond motifs is 2. The maximum absolute atomic E-state index is 13.9. The first-order chi connectivity index (χ1) is 20.3. The zero-order chi connectivity index (χ0) is 28.9. The molecule has 2 aromatic carbocycles. The van der Waals surface area contributed by atoms with E-state index in [9.17, 15) is 4.79 Å². The number of para-hydroxylation sites is 1. The number of hydrogen-bond donors (Lipinski definition) is 0. The average Bonchev–Trinajstić information content (AvgIpc) is 3.80. The van der Waals surface area contributed by atoms with Gasteiger partial charge in [0.15, 0.2) is 5.17 Å². The van der Waals surface area contributed by atoms with Gasteiger partial charge in [0.2, 0.25) is 0 Å². The lowest BCUT2D eigenvalue weighted by Gasteiger charge is -2.34. The first kappa shape index (κ1) is 26.7. The van der Waals surface area contributed by atoms with Gasteiger partial charge in [-0.2, -0.15) is 10.2 Å². The minimum absolute atomic E-state index is 0.0378. The average molecular weight is 576 g/mol. The molecule has 8 heteroatoms. The first-order valence-electron chi connectivity index (χ1n) is 14.4. The van der Waals surface area contributed by atoms with Gasteiger partial charge in [0.25, 0.3) is 5.91 Å². The summed E-state index contributed by atoms with van der Waals surface area (Å²) in [6.07, 6.45) is 8.87. The summed E-state index contributed by atoms with van der Waals surface area (Å²) in [5, 5.41) is 15.1. The lowest BCUT2D eigenvalue weighted by molar-refractivity contribution is -0.122. The molecule has 2 saturated carbocycles. The molecule has 3 fully saturated rings. The number of rotatable bonds is 6. The van der Waals surface area contributed by atoms with Crippen LogP contribution >= 0.6 is 11.8 Å². The molecule has 1 aliphatic heterocycles. The van der Waals surface area contributed by atoms with Gasteiger partial charge in [-0.3, -0.25) is 9.69 Å². The van der Waals surface area contributed by atoms with Crippen LogP contribution in [0.4, 0.5) is 0 Å². The van der Waals surface area contributed by atoms with E-state index in [-0.39, 0.29) is 16.7 Å². The maximum atomic E-state index is 13.9. The van der Waals surface area contributed by atoms with Crippen LogP contribution in [0.5, 0.6) is 0 Å². The molecule has 0 radical (unpaired) electrons. The maximum Gasteiger partial charge on any atom is 0.267 e. The Balaban J connectivity index is 1.28. The van der Waals surface area contributed by atoms with E-state index < -0.39 is 0 Å². The van der Waals surface area contributed by atoms with Crippen LogP contribution in [0.2, 0.25) is 0 Å². The van der Waals surface area contributed by atoms with Gasteiger partial charge in [-0.15, -0.1) is 5.10 Å². The van der Waals surface area contributed by atoms with Crippen LogP contribution in [0.1, 0.15) is 51.4 Å². The molecular weight excluding hydrogens is 542 g/mol. The Kier molecular flexibility index (Phi) is 6.54. The van der Waals surface area contributed by atoms with Crippen LogP contribution in [0.25, 0.3) is 23.0 Å². The molecule has 212 valence electrons. The molecule has 0 N–H and O–H groups in total. The third-order valence-corrected chi connectivity index (χ3v) is 10.6. The zero-order valence-electron chi connectivity index (χ0n) is 24.0. The molecule has 2 atom stereocenters. The van der Waals surface area contributed by atoms with Crippen LogP contribution < -0.4 is 0 Å². The summed E-state index contributed by atoms with van der Waals surface area (Å²) in [7, 11) is 0. The number of carbonyl (C=O) groups excluding carboxylic acids is 1. The minimum atomic E-state index is -0.124. The molecule has 42 heavy (non-hydrogen) atoms. The number of nitrogens with zero attached hydrogens (tertiary/aromatic N) is 5. The summed E-state index contributed by atoms with van der Waals surface area (Å²) in [4.78, 5) is 16.1. The SMILES string of the molecule is CC12CCC(CC1=NN=C1SC(=Cc3cn(-c4ccccc4)nc3-c3ccccc3)C(=O)N1Cc1ccco1)C2(C)C. The highest BCUT2D eigenvalue weighted by Gasteiger charge is 2.60. The van der Waals surface area contributed by atoms with E-state index in [0.29, 0.717) is 28.3 Å². The van der Waals surface area contributed by atoms with Crippen LogP contribution in [0.3, 0.4) is 0 Å². The topological polar surface area (TPSA) is 76.0 Å². The Labute approximate surface area is 250 Å². The van der Waals surface area contributed by atoms with Gasteiger partial charge in [-0.1, -0.05) is 69.3 Å². The van der Waals surface area contributed by atoms with Crippen molar-refractivity contribution in [3.8, 4) is 16.9 Å². The second-order valence-electron chi connectivity index (χ2n) is 12.1. The van der Waals surface area contributed by atoms with Crippen molar-refractivity contribution in [2.24, 2.45) is 27.0 Å². The Hall–Kier alpha value is -4.17. The number of benzene rings is 2. The van der Waals surface area contributed by atoms with Crippen LogP contribution in [0, 0.1) is 16.7 Å². The van der Waals surface area contributed by atoms with Crippen LogP contribution in [-0.2, 0) is 11.3 Å². The molecule has 7 nitrogen and oxygen atoms in total. The molecule has 2 unspecified atom stereocenters. The van der Waals surface area contributed by atoms with Gasteiger partial charge >= 0.3 is 0 Å². The summed E-state index contributed by atoms with van der Waals surface area (Å²) < 4.78 is 7.47. The van der Waals surface area contributed by atoms with Crippen molar-refractivity contribution in [2.75, 3.05) is 0 Å². The number of amides is 1. The summed E-state index contributed by atoms with van der Waals surface area (Å²) >= 11 is 1.36. The fourth-order valence-corrected chi connectivity index (χ4v) is 7.55. The lowest BCUT2D eigenvalue weighted by Crippen LogP contribution is -2.32. The van der Waals surface area contributed by atoms with Gasteiger partial charge < -0.3 is 4.42 Å². The van der Waals surface area contributed by atoms with Crippen LogP contribution in [0.15, 0.2) is 105 Å². The van der Waals surface area contributed by atoms with Crippen molar-refractivity contribution in [1.82, 2.24) is 14.7 Å². The third-order valence-electron chi connectivity index (χ3n) is 9.65. The van der Waals surface area contributed by atoms with E-state index in [4.69, 9.17) is 19.7 Å². The Bertz CT molecular complexity index is 1720. The number of aromatic nitrogens is 2. The van der Waals surface area contributed by atoms with E-state index in [0.717, 1.165) is 41.1 Å². The van der Waals surface area contributed by atoms with Crippen molar-refractivity contribution in [2.45, 2.75) is 46.6 Å². The molecule has 2 aromatic heterocycles. The van der Waals surface area contributed by atoms with E-state index in [1.54, 1.807) is 11.2 Å². The lowest BCUT2D eigenvalue weighted by atomic mass is 9.70. The van der Waals surface area contributed by atoms with Crippen molar-refractivity contribution in [1.29, 1.82) is 0 Å². The van der Waals surface area contributed by atoms with E-state index in [1.165, 1.54) is 18.2 Å². The number of carbonyl (C=O) groups is 1. The highest BCUT2D eigenvalue weighted by Crippen LogP contribution is 2.64. The summed E-state index contributed by atoms with van der Waals surface area (Å²) in [6, 6.07) is 23.7. The summed E-state index contributed by atoms with van der Waals surface area (Å²) in [6.45, 7) is 7.34.